The summed E-state index contributed by atoms with van der Waals surface area (Å²) in [6.07, 6.45) is -0.512. The molecule has 102 valence electrons. The van der Waals surface area contributed by atoms with Gasteiger partial charge in [-0.1, -0.05) is 15.9 Å². The zero-order chi connectivity index (χ0) is 13.5. The summed E-state index contributed by atoms with van der Waals surface area (Å²) in [5.74, 6) is 0.764. The highest BCUT2D eigenvalue weighted by molar-refractivity contribution is 9.10. The highest BCUT2D eigenvalue weighted by Gasteiger charge is 2.05. The maximum Gasteiger partial charge on any atom is 0.119 e. The highest BCUT2D eigenvalue weighted by Crippen LogP contribution is 2.16. The summed E-state index contributed by atoms with van der Waals surface area (Å²) in [7, 11) is 0. The van der Waals surface area contributed by atoms with Gasteiger partial charge in [0.1, 0.15) is 18.5 Å². The second kappa shape index (κ2) is 7.65. The summed E-state index contributed by atoms with van der Waals surface area (Å²) in [6.45, 7) is 1.59. The van der Waals surface area contributed by atoms with Crippen LogP contribution in [0.5, 0.6) is 5.75 Å². The van der Waals surface area contributed by atoms with Crippen LogP contribution in [-0.2, 0) is 6.54 Å². The molecule has 19 heavy (non-hydrogen) atoms. The Morgan fingerprint density at radius 2 is 2.05 bits per heavy atom. The molecule has 0 radical (unpaired) electrons. The average Bonchev–Trinajstić information content (AvgIpc) is 2.91. The molecule has 5 heteroatoms. The van der Waals surface area contributed by atoms with Crippen molar-refractivity contribution in [1.82, 2.24) is 5.32 Å². The summed E-state index contributed by atoms with van der Waals surface area (Å²) in [5, 5.41) is 17.1. The molecule has 1 heterocycles. The molecule has 0 saturated heterocycles. The van der Waals surface area contributed by atoms with Crippen LogP contribution >= 0.6 is 27.3 Å². The van der Waals surface area contributed by atoms with Crippen LogP contribution in [-0.4, -0.2) is 24.4 Å². The molecule has 2 rings (SSSR count). The number of rotatable bonds is 7. The molecule has 0 bridgehead atoms. The molecule has 1 aromatic heterocycles. The summed E-state index contributed by atoms with van der Waals surface area (Å²) in [5.41, 5.74) is 1.24. The Hall–Kier alpha value is -0.880. The highest BCUT2D eigenvalue weighted by atomic mass is 79.9. The first kappa shape index (κ1) is 14.5. The molecule has 0 spiro atoms. The van der Waals surface area contributed by atoms with Gasteiger partial charge in [0.15, 0.2) is 0 Å². The Morgan fingerprint density at radius 1 is 1.26 bits per heavy atom. The molecule has 0 aliphatic heterocycles. The molecule has 1 aromatic carbocycles. The molecule has 0 amide bonds. The van der Waals surface area contributed by atoms with E-state index in [1.807, 2.05) is 29.6 Å². The van der Waals surface area contributed by atoms with Gasteiger partial charge >= 0.3 is 0 Å². The van der Waals surface area contributed by atoms with E-state index in [9.17, 15) is 5.11 Å². The lowest BCUT2D eigenvalue weighted by atomic mass is 10.3. The standard InChI is InChI=1S/C14H16BrNO2S/c15-12-1-3-14(4-2-12)18-9-13(17)8-16-7-11-5-6-19-10-11/h1-6,10,13,16-17H,7-9H2. The zero-order valence-electron chi connectivity index (χ0n) is 10.4. The van der Waals surface area contributed by atoms with Gasteiger partial charge in [-0.05, 0) is 46.7 Å². The van der Waals surface area contributed by atoms with Gasteiger partial charge in [0, 0.05) is 17.6 Å². The summed E-state index contributed by atoms with van der Waals surface area (Å²) >= 11 is 5.04. The van der Waals surface area contributed by atoms with Gasteiger partial charge in [-0.15, -0.1) is 0 Å². The van der Waals surface area contributed by atoms with Crippen LogP contribution in [0.1, 0.15) is 5.56 Å². The number of thiophene rings is 1. The quantitative estimate of drug-likeness (QED) is 0.813. The molecule has 0 aliphatic rings. The number of hydrogen-bond donors (Lipinski definition) is 2. The summed E-state index contributed by atoms with van der Waals surface area (Å²) in [6, 6.07) is 9.64. The molecular formula is C14H16BrNO2S. The first-order chi connectivity index (χ1) is 9.24. The van der Waals surface area contributed by atoms with Crippen molar-refractivity contribution in [2.24, 2.45) is 0 Å². The Morgan fingerprint density at radius 3 is 2.74 bits per heavy atom. The Kier molecular flexibility index (Phi) is 5.85. The Balaban J connectivity index is 1.64. The molecule has 2 aromatic rings. The van der Waals surface area contributed by atoms with Gasteiger partial charge in [0.05, 0.1) is 0 Å². The van der Waals surface area contributed by atoms with Gasteiger partial charge in [-0.25, -0.2) is 0 Å². The largest absolute Gasteiger partial charge is 0.491 e. The van der Waals surface area contributed by atoms with E-state index in [-0.39, 0.29) is 6.61 Å². The first-order valence-electron chi connectivity index (χ1n) is 6.02. The Labute approximate surface area is 125 Å². The van der Waals surface area contributed by atoms with Crippen molar-refractivity contribution in [2.75, 3.05) is 13.2 Å². The third kappa shape index (κ3) is 5.32. The normalized spacial score (nSPS) is 12.3. The molecule has 0 fully saturated rings. The van der Waals surface area contributed by atoms with Gasteiger partial charge < -0.3 is 15.2 Å². The lowest BCUT2D eigenvalue weighted by Gasteiger charge is -2.13. The fourth-order valence-electron chi connectivity index (χ4n) is 1.56. The second-order valence-corrected chi connectivity index (χ2v) is 5.88. The minimum Gasteiger partial charge on any atom is -0.491 e. The maximum atomic E-state index is 9.80. The zero-order valence-corrected chi connectivity index (χ0v) is 12.8. The van der Waals surface area contributed by atoms with E-state index in [4.69, 9.17) is 4.74 Å². The summed E-state index contributed by atoms with van der Waals surface area (Å²) < 4.78 is 6.51. The van der Waals surface area contributed by atoms with E-state index in [0.29, 0.717) is 6.54 Å². The second-order valence-electron chi connectivity index (χ2n) is 4.18. The van der Waals surface area contributed by atoms with E-state index in [0.717, 1.165) is 16.8 Å². The SMILES string of the molecule is OC(CNCc1ccsc1)COc1ccc(Br)cc1. The third-order valence-electron chi connectivity index (χ3n) is 2.55. The monoisotopic (exact) mass is 341 g/mol. The summed E-state index contributed by atoms with van der Waals surface area (Å²) in [4.78, 5) is 0. The van der Waals surface area contributed by atoms with Crippen LogP contribution in [0.25, 0.3) is 0 Å². The van der Waals surface area contributed by atoms with Crippen molar-refractivity contribution in [3.63, 3.8) is 0 Å². The number of aliphatic hydroxyl groups is 1. The van der Waals surface area contributed by atoms with Crippen LogP contribution in [0.4, 0.5) is 0 Å². The van der Waals surface area contributed by atoms with Gasteiger partial charge in [-0.3, -0.25) is 0 Å². The maximum absolute atomic E-state index is 9.80. The predicted octanol–water partition coefficient (Wildman–Crippen LogP) is 3.04. The molecule has 0 saturated carbocycles. The van der Waals surface area contributed by atoms with Crippen molar-refractivity contribution in [2.45, 2.75) is 12.6 Å². The lowest BCUT2D eigenvalue weighted by Crippen LogP contribution is -2.31. The van der Waals surface area contributed by atoms with Crippen molar-refractivity contribution in [1.29, 1.82) is 0 Å². The van der Waals surface area contributed by atoms with E-state index < -0.39 is 6.10 Å². The molecule has 0 aliphatic carbocycles. The van der Waals surface area contributed by atoms with Gasteiger partial charge in [-0.2, -0.15) is 11.3 Å². The van der Waals surface area contributed by atoms with E-state index in [2.05, 4.69) is 32.7 Å². The molecule has 2 N–H and O–H groups in total. The molecule has 1 atom stereocenters. The number of ether oxygens (including phenoxy) is 1. The van der Waals surface area contributed by atoms with Gasteiger partial charge in [0.25, 0.3) is 0 Å². The number of aliphatic hydroxyl groups excluding tert-OH is 1. The van der Waals surface area contributed by atoms with E-state index >= 15 is 0 Å². The van der Waals surface area contributed by atoms with Crippen molar-refractivity contribution in [3.8, 4) is 5.75 Å². The van der Waals surface area contributed by atoms with Crippen LogP contribution in [0.3, 0.4) is 0 Å². The van der Waals surface area contributed by atoms with Crippen LogP contribution < -0.4 is 10.1 Å². The van der Waals surface area contributed by atoms with Crippen LogP contribution in [0, 0.1) is 0 Å². The minimum atomic E-state index is -0.512. The molecular weight excluding hydrogens is 326 g/mol. The average molecular weight is 342 g/mol. The first-order valence-corrected chi connectivity index (χ1v) is 7.76. The van der Waals surface area contributed by atoms with Crippen molar-refractivity contribution in [3.05, 3.63) is 51.1 Å². The van der Waals surface area contributed by atoms with Crippen LogP contribution in [0.2, 0.25) is 0 Å². The lowest BCUT2D eigenvalue weighted by molar-refractivity contribution is 0.106. The third-order valence-corrected chi connectivity index (χ3v) is 3.81. The smallest absolute Gasteiger partial charge is 0.119 e. The van der Waals surface area contributed by atoms with E-state index in [1.165, 1.54) is 5.56 Å². The topological polar surface area (TPSA) is 41.5 Å². The Bertz CT molecular complexity index is 473. The number of nitrogens with one attached hydrogen (secondary N) is 1. The molecule has 1 unspecified atom stereocenters. The molecule has 3 nitrogen and oxygen atoms in total. The van der Waals surface area contributed by atoms with Crippen molar-refractivity contribution >= 4 is 27.3 Å². The number of hydrogen-bond acceptors (Lipinski definition) is 4. The van der Waals surface area contributed by atoms with Crippen LogP contribution in [0.15, 0.2) is 45.6 Å². The van der Waals surface area contributed by atoms with Gasteiger partial charge in [0.2, 0.25) is 0 Å². The number of halogens is 1. The predicted molar refractivity (Wildman–Crippen MR) is 81.7 cm³/mol. The fourth-order valence-corrected chi connectivity index (χ4v) is 2.49. The van der Waals surface area contributed by atoms with Crippen molar-refractivity contribution < 1.29 is 9.84 Å². The fraction of sp³-hybridized carbons (Fsp3) is 0.286. The minimum absolute atomic E-state index is 0.290. The number of benzene rings is 1. The van der Waals surface area contributed by atoms with E-state index in [1.54, 1.807) is 11.3 Å².